The fourth-order valence-corrected chi connectivity index (χ4v) is 1.88. The number of anilines is 1. The number of halogens is 1. The lowest BCUT2D eigenvalue weighted by molar-refractivity contribution is 0.0521. The highest BCUT2D eigenvalue weighted by Crippen LogP contribution is 2.22. The highest BCUT2D eigenvalue weighted by atomic mass is 79.9. The molecule has 0 saturated carbocycles. The Balaban J connectivity index is 2.43. The fraction of sp³-hybridized carbons (Fsp3) is 0.182. The van der Waals surface area contributed by atoms with Gasteiger partial charge in [0.2, 0.25) is 0 Å². The number of carbonyl (C=O) groups excluding carboxylic acids is 1. The molecule has 0 aliphatic rings. The zero-order valence-electron chi connectivity index (χ0n) is 9.63. The Morgan fingerprint density at radius 2 is 2.33 bits per heavy atom. The molecule has 0 unspecified atom stereocenters. The molecule has 2 N–H and O–H groups in total. The van der Waals surface area contributed by atoms with E-state index in [4.69, 9.17) is 10.5 Å². The van der Waals surface area contributed by atoms with Crippen LogP contribution in [0, 0.1) is 0 Å². The van der Waals surface area contributed by atoms with E-state index in [-0.39, 0.29) is 18.1 Å². The van der Waals surface area contributed by atoms with Gasteiger partial charge in [-0.2, -0.15) is 0 Å². The number of esters is 1. The maximum absolute atomic E-state index is 11.6. The molecule has 2 aromatic rings. The first-order valence-electron chi connectivity index (χ1n) is 5.26. The van der Waals surface area contributed by atoms with E-state index in [1.807, 2.05) is 6.07 Å². The van der Waals surface area contributed by atoms with Crippen molar-refractivity contribution in [1.29, 1.82) is 0 Å². The SMILES string of the molecule is CCOC(=O)c1ncn(-c2ncccc2Br)c1N. The molecule has 0 bridgehead atoms. The molecule has 2 aromatic heterocycles. The third-order valence-corrected chi connectivity index (χ3v) is 2.86. The number of nitrogens with zero attached hydrogens (tertiary/aromatic N) is 3. The summed E-state index contributed by atoms with van der Waals surface area (Å²) in [4.78, 5) is 19.7. The predicted octanol–water partition coefficient (Wildman–Crippen LogP) is 1.79. The maximum atomic E-state index is 11.6. The van der Waals surface area contributed by atoms with Crippen LogP contribution < -0.4 is 5.73 Å². The molecule has 0 aliphatic carbocycles. The summed E-state index contributed by atoms with van der Waals surface area (Å²) in [5.74, 6) is 0.228. The lowest BCUT2D eigenvalue weighted by atomic mass is 10.4. The zero-order chi connectivity index (χ0) is 13.1. The average Bonchev–Trinajstić information content (AvgIpc) is 2.72. The van der Waals surface area contributed by atoms with Crippen molar-refractivity contribution in [1.82, 2.24) is 14.5 Å². The summed E-state index contributed by atoms with van der Waals surface area (Å²) in [6.45, 7) is 2.00. The number of imidazole rings is 1. The van der Waals surface area contributed by atoms with E-state index in [1.165, 1.54) is 10.9 Å². The van der Waals surface area contributed by atoms with Gasteiger partial charge in [-0.25, -0.2) is 14.8 Å². The predicted molar refractivity (Wildman–Crippen MR) is 69.4 cm³/mol. The Labute approximate surface area is 112 Å². The minimum atomic E-state index is -0.541. The molecule has 2 rings (SSSR count). The number of rotatable bonds is 3. The molecule has 0 aliphatic heterocycles. The fourth-order valence-electron chi connectivity index (χ4n) is 1.44. The van der Waals surface area contributed by atoms with Crippen molar-refractivity contribution < 1.29 is 9.53 Å². The number of aromatic nitrogens is 3. The normalized spacial score (nSPS) is 10.3. The lowest BCUT2D eigenvalue weighted by Crippen LogP contribution is -2.10. The Bertz CT molecular complexity index is 582. The average molecular weight is 311 g/mol. The van der Waals surface area contributed by atoms with Crippen LogP contribution in [0.1, 0.15) is 17.4 Å². The summed E-state index contributed by atoms with van der Waals surface area (Å²) in [5.41, 5.74) is 5.97. The summed E-state index contributed by atoms with van der Waals surface area (Å²) in [6.07, 6.45) is 3.07. The minimum Gasteiger partial charge on any atom is -0.461 e. The van der Waals surface area contributed by atoms with E-state index in [1.54, 1.807) is 19.2 Å². The Kier molecular flexibility index (Phi) is 3.61. The van der Waals surface area contributed by atoms with E-state index in [0.717, 1.165) is 4.47 Å². The van der Waals surface area contributed by atoms with Crippen LogP contribution in [-0.2, 0) is 4.74 Å². The van der Waals surface area contributed by atoms with Gasteiger partial charge in [0.15, 0.2) is 11.5 Å². The van der Waals surface area contributed by atoms with Crippen molar-refractivity contribution in [2.24, 2.45) is 0 Å². The smallest absolute Gasteiger partial charge is 0.360 e. The molecule has 0 spiro atoms. The quantitative estimate of drug-likeness (QED) is 0.874. The van der Waals surface area contributed by atoms with Crippen LogP contribution in [-0.4, -0.2) is 27.1 Å². The number of hydrogen-bond donors (Lipinski definition) is 1. The summed E-state index contributed by atoms with van der Waals surface area (Å²) in [7, 11) is 0. The largest absolute Gasteiger partial charge is 0.461 e. The first-order chi connectivity index (χ1) is 8.65. The third kappa shape index (κ3) is 2.21. The van der Waals surface area contributed by atoms with Crippen molar-refractivity contribution in [2.75, 3.05) is 12.3 Å². The zero-order valence-corrected chi connectivity index (χ0v) is 11.2. The number of carbonyl (C=O) groups is 1. The number of nitrogens with two attached hydrogens (primary N) is 1. The monoisotopic (exact) mass is 310 g/mol. The molecule has 0 amide bonds. The standard InChI is InChI=1S/C11H11BrN4O2/c1-2-18-11(17)8-9(13)16(6-15-8)10-7(12)4-3-5-14-10/h3-6H,2,13H2,1H3. The van der Waals surface area contributed by atoms with Crippen molar-refractivity contribution in [2.45, 2.75) is 6.92 Å². The number of hydrogen-bond acceptors (Lipinski definition) is 5. The van der Waals surface area contributed by atoms with Gasteiger partial charge in [0, 0.05) is 6.20 Å². The minimum absolute atomic E-state index is 0.0920. The van der Waals surface area contributed by atoms with Crippen LogP contribution in [0.3, 0.4) is 0 Å². The van der Waals surface area contributed by atoms with E-state index in [0.29, 0.717) is 5.82 Å². The van der Waals surface area contributed by atoms with Crippen LogP contribution in [0.2, 0.25) is 0 Å². The van der Waals surface area contributed by atoms with Gasteiger partial charge in [0.1, 0.15) is 12.1 Å². The van der Waals surface area contributed by atoms with Gasteiger partial charge < -0.3 is 10.5 Å². The van der Waals surface area contributed by atoms with Crippen LogP contribution >= 0.6 is 15.9 Å². The molecular weight excluding hydrogens is 300 g/mol. The second-order valence-corrected chi connectivity index (χ2v) is 4.23. The van der Waals surface area contributed by atoms with Crippen LogP contribution in [0.15, 0.2) is 29.1 Å². The van der Waals surface area contributed by atoms with Crippen molar-refractivity contribution in [3.05, 3.63) is 34.8 Å². The summed E-state index contributed by atoms with van der Waals surface area (Å²) < 4.78 is 7.14. The molecule has 0 atom stereocenters. The molecule has 0 radical (unpaired) electrons. The highest BCUT2D eigenvalue weighted by Gasteiger charge is 2.18. The molecule has 0 aromatic carbocycles. The van der Waals surface area contributed by atoms with Crippen molar-refractivity contribution >= 4 is 27.7 Å². The van der Waals surface area contributed by atoms with E-state index < -0.39 is 5.97 Å². The molecule has 0 fully saturated rings. The number of nitrogen functional groups attached to an aromatic ring is 1. The van der Waals surface area contributed by atoms with E-state index in [2.05, 4.69) is 25.9 Å². The first-order valence-corrected chi connectivity index (χ1v) is 6.05. The van der Waals surface area contributed by atoms with Gasteiger partial charge in [0.25, 0.3) is 0 Å². The van der Waals surface area contributed by atoms with Crippen molar-refractivity contribution in [3.8, 4) is 5.82 Å². The highest BCUT2D eigenvalue weighted by molar-refractivity contribution is 9.10. The number of pyridine rings is 1. The summed E-state index contributed by atoms with van der Waals surface area (Å²) in [6, 6.07) is 3.61. The third-order valence-electron chi connectivity index (χ3n) is 2.24. The Morgan fingerprint density at radius 1 is 1.56 bits per heavy atom. The van der Waals surface area contributed by atoms with E-state index in [9.17, 15) is 4.79 Å². The summed E-state index contributed by atoms with van der Waals surface area (Å²) in [5, 5.41) is 0. The second-order valence-electron chi connectivity index (χ2n) is 3.38. The maximum Gasteiger partial charge on any atom is 0.360 e. The van der Waals surface area contributed by atoms with Crippen LogP contribution in [0.25, 0.3) is 5.82 Å². The topological polar surface area (TPSA) is 83.0 Å². The van der Waals surface area contributed by atoms with Gasteiger partial charge in [-0.1, -0.05) is 0 Å². The molecule has 0 saturated heterocycles. The molecule has 18 heavy (non-hydrogen) atoms. The van der Waals surface area contributed by atoms with Gasteiger partial charge in [-0.3, -0.25) is 4.57 Å². The van der Waals surface area contributed by atoms with Gasteiger partial charge in [-0.15, -0.1) is 0 Å². The Morgan fingerprint density at radius 3 is 3.00 bits per heavy atom. The number of ether oxygens (including phenoxy) is 1. The van der Waals surface area contributed by atoms with Gasteiger partial charge in [0.05, 0.1) is 11.1 Å². The van der Waals surface area contributed by atoms with Crippen LogP contribution in [0.5, 0.6) is 0 Å². The lowest BCUT2D eigenvalue weighted by Gasteiger charge is -2.06. The molecular formula is C11H11BrN4O2. The van der Waals surface area contributed by atoms with E-state index >= 15 is 0 Å². The second kappa shape index (κ2) is 5.18. The van der Waals surface area contributed by atoms with Gasteiger partial charge in [-0.05, 0) is 35.0 Å². The molecule has 2 heterocycles. The molecule has 7 heteroatoms. The van der Waals surface area contributed by atoms with Crippen LogP contribution in [0.4, 0.5) is 5.82 Å². The van der Waals surface area contributed by atoms with Crippen molar-refractivity contribution in [3.63, 3.8) is 0 Å². The first kappa shape index (κ1) is 12.6. The Hall–Kier alpha value is -1.89. The molecule has 6 nitrogen and oxygen atoms in total. The summed E-state index contributed by atoms with van der Waals surface area (Å²) >= 11 is 3.36. The van der Waals surface area contributed by atoms with Gasteiger partial charge >= 0.3 is 5.97 Å². The molecule has 94 valence electrons.